The van der Waals surface area contributed by atoms with Gasteiger partial charge in [-0.05, 0) is 58.7 Å². The first-order valence-corrected chi connectivity index (χ1v) is 10.3. The molecule has 2 N–H and O–H groups in total. The van der Waals surface area contributed by atoms with E-state index in [0.717, 1.165) is 10.4 Å². The number of rotatable bonds is 4. The number of ether oxygens (including phenoxy) is 1. The summed E-state index contributed by atoms with van der Waals surface area (Å²) in [5, 5.41) is 6.29. The van der Waals surface area contributed by atoms with Crippen LogP contribution < -0.4 is 10.6 Å². The molecule has 1 aliphatic rings. The topological polar surface area (TPSA) is 67.4 Å². The fraction of sp³-hybridized carbons (Fsp3) is 0.429. The molecule has 0 fully saturated rings. The predicted molar refractivity (Wildman–Crippen MR) is 108 cm³/mol. The van der Waals surface area contributed by atoms with E-state index in [1.54, 1.807) is 6.92 Å². The summed E-state index contributed by atoms with van der Waals surface area (Å²) < 4.78 is 45.5. The lowest BCUT2D eigenvalue weighted by Crippen LogP contribution is -2.55. The van der Waals surface area contributed by atoms with Gasteiger partial charge in [-0.1, -0.05) is 0 Å². The summed E-state index contributed by atoms with van der Waals surface area (Å²) in [5.41, 5.74) is -0.205. The highest BCUT2D eigenvalue weighted by Gasteiger charge is 2.42. The summed E-state index contributed by atoms with van der Waals surface area (Å²) in [7, 11) is 0. The standard InChI is InChI=1S/C21H23F3N2O3S/c1-6-29-19(28)14-11-9-20(2,3)26-21(4,5)16(11)30-18(14)25-17(27)10-7-12(22)15(24)13(23)8-10/h7-8,26H,6,9H2,1-5H3,(H,25,27). The minimum Gasteiger partial charge on any atom is -0.462 e. The van der Waals surface area contributed by atoms with Crippen molar-refractivity contribution in [3.05, 3.63) is 51.2 Å². The first-order valence-electron chi connectivity index (χ1n) is 9.45. The van der Waals surface area contributed by atoms with E-state index in [4.69, 9.17) is 4.74 Å². The second-order valence-corrected chi connectivity index (χ2v) is 9.37. The van der Waals surface area contributed by atoms with Crippen molar-refractivity contribution in [3.8, 4) is 0 Å². The number of benzene rings is 1. The fourth-order valence-corrected chi connectivity index (χ4v) is 5.16. The number of esters is 1. The summed E-state index contributed by atoms with van der Waals surface area (Å²) >= 11 is 1.20. The van der Waals surface area contributed by atoms with E-state index in [-0.39, 0.29) is 22.7 Å². The first kappa shape index (κ1) is 22.3. The Morgan fingerprint density at radius 1 is 1.17 bits per heavy atom. The normalized spacial score (nSPS) is 16.7. The van der Waals surface area contributed by atoms with Crippen LogP contribution in [0.5, 0.6) is 0 Å². The minimum absolute atomic E-state index is 0.149. The quantitative estimate of drug-likeness (QED) is 0.532. The van der Waals surface area contributed by atoms with E-state index in [0.29, 0.717) is 18.6 Å². The molecule has 0 unspecified atom stereocenters. The summed E-state index contributed by atoms with van der Waals surface area (Å²) in [4.78, 5) is 26.2. The van der Waals surface area contributed by atoms with Crippen LogP contribution in [0.15, 0.2) is 12.1 Å². The third-order valence-corrected chi connectivity index (χ3v) is 6.27. The number of nitrogens with one attached hydrogen (secondary N) is 2. The smallest absolute Gasteiger partial charge is 0.341 e. The largest absolute Gasteiger partial charge is 0.462 e. The second-order valence-electron chi connectivity index (χ2n) is 8.35. The second kappa shape index (κ2) is 7.70. The molecule has 1 aromatic carbocycles. The molecular formula is C21H23F3N2O3S. The summed E-state index contributed by atoms with van der Waals surface area (Å²) in [5.74, 6) is -6.04. The number of hydrogen-bond acceptors (Lipinski definition) is 5. The lowest BCUT2D eigenvalue weighted by molar-refractivity contribution is 0.0525. The van der Waals surface area contributed by atoms with Crippen LogP contribution in [0.2, 0.25) is 0 Å². The highest BCUT2D eigenvalue weighted by atomic mass is 32.1. The van der Waals surface area contributed by atoms with E-state index in [1.807, 2.05) is 27.7 Å². The molecule has 162 valence electrons. The molecule has 0 atom stereocenters. The zero-order valence-corrected chi connectivity index (χ0v) is 18.2. The fourth-order valence-electron chi connectivity index (χ4n) is 3.90. The Balaban J connectivity index is 2.08. The van der Waals surface area contributed by atoms with Gasteiger partial charge >= 0.3 is 5.97 Å². The number of carbonyl (C=O) groups is 2. The SMILES string of the molecule is CCOC(=O)c1c(NC(=O)c2cc(F)c(F)c(F)c2)sc2c1CC(C)(C)NC2(C)C. The van der Waals surface area contributed by atoms with Gasteiger partial charge in [-0.2, -0.15) is 0 Å². The highest BCUT2D eigenvalue weighted by molar-refractivity contribution is 7.17. The van der Waals surface area contributed by atoms with Gasteiger partial charge in [0.25, 0.3) is 5.91 Å². The van der Waals surface area contributed by atoms with Gasteiger partial charge in [0.1, 0.15) is 5.00 Å². The Kier molecular flexibility index (Phi) is 5.72. The van der Waals surface area contributed by atoms with Gasteiger partial charge in [-0.25, -0.2) is 18.0 Å². The zero-order valence-electron chi connectivity index (χ0n) is 17.3. The van der Waals surface area contributed by atoms with Gasteiger partial charge in [0.05, 0.1) is 12.2 Å². The molecule has 3 rings (SSSR count). The Hall–Kier alpha value is -2.39. The van der Waals surface area contributed by atoms with Gasteiger partial charge < -0.3 is 15.4 Å². The molecule has 0 saturated heterocycles. The van der Waals surface area contributed by atoms with E-state index < -0.39 is 40.4 Å². The van der Waals surface area contributed by atoms with Gasteiger partial charge in [0.15, 0.2) is 17.5 Å². The summed E-state index contributed by atoms with van der Waals surface area (Å²) in [6.45, 7) is 9.77. The average Bonchev–Trinajstić information content (AvgIpc) is 2.96. The number of fused-ring (bicyclic) bond motifs is 1. The van der Waals surface area contributed by atoms with Crippen molar-refractivity contribution < 1.29 is 27.5 Å². The van der Waals surface area contributed by atoms with Crippen LogP contribution in [-0.2, 0) is 16.7 Å². The zero-order chi connectivity index (χ0) is 22.4. The Labute approximate surface area is 176 Å². The van der Waals surface area contributed by atoms with Crippen LogP contribution in [0.4, 0.5) is 18.2 Å². The molecule has 1 aliphatic heterocycles. The van der Waals surface area contributed by atoms with Crippen molar-refractivity contribution in [1.29, 1.82) is 0 Å². The Morgan fingerprint density at radius 2 is 1.77 bits per heavy atom. The maximum Gasteiger partial charge on any atom is 0.341 e. The average molecular weight is 440 g/mol. The highest BCUT2D eigenvalue weighted by Crippen LogP contribution is 2.45. The van der Waals surface area contributed by atoms with Gasteiger partial charge in [0.2, 0.25) is 0 Å². The number of hydrogen-bond donors (Lipinski definition) is 2. The molecule has 2 aromatic rings. The Bertz CT molecular complexity index is 1010. The maximum absolute atomic E-state index is 13.5. The molecule has 0 saturated carbocycles. The van der Waals surface area contributed by atoms with Crippen molar-refractivity contribution in [1.82, 2.24) is 5.32 Å². The lowest BCUT2D eigenvalue weighted by Gasteiger charge is -2.42. The van der Waals surface area contributed by atoms with Crippen LogP contribution in [0, 0.1) is 17.5 Å². The van der Waals surface area contributed by atoms with Crippen LogP contribution in [0.3, 0.4) is 0 Å². The number of anilines is 1. The summed E-state index contributed by atoms with van der Waals surface area (Å²) in [6, 6.07) is 1.22. The summed E-state index contributed by atoms with van der Waals surface area (Å²) in [6.07, 6.45) is 0.520. The van der Waals surface area contributed by atoms with Gasteiger partial charge in [-0.3, -0.25) is 4.79 Å². The van der Waals surface area contributed by atoms with E-state index >= 15 is 0 Å². The van der Waals surface area contributed by atoms with Crippen LogP contribution >= 0.6 is 11.3 Å². The van der Waals surface area contributed by atoms with Crippen molar-refractivity contribution in [2.24, 2.45) is 0 Å². The van der Waals surface area contributed by atoms with Crippen LogP contribution in [-0.4, -0.2) is 24.0 Å². The first-order chi connectivity index (χ1) is 13.9. The lowest BCUT2D eigenvalue weighted by atomic mass is 9.81. The van der Waals surface area contributed by atoms with Crippen molar-refractivity contribution >= 4 is 28.2 Å². The molecule has 30 heavy (non-hydrogen) atoms. The minimum atomic E-state index is -1.65. The molecule has 2 heterocycles. The molecule has 0 bridgehead atoms. The van der Waals surface area contributed by atoms with E-state index in [1.165, 1.54) is 11.3 Å². The van der Waals surface area contributed by atoms with E-state index in [9.17, 15) is 22.8 Å². The van der Waals surface area contributed by atoms with Crippen LogP contribution in [0.25, 0.3) is 0 Å². The molecule has 5 nitrogen and oxygen atoms in total. The molecule has 9 heteroatoms. The third kappa shape index (κ3) is 4.09. The third-order valence-electron chi connectivity index (χ3n) is 4.80. The number of carbonyl (C=O) groups excluding carboxylic acids is 2. The monoisotopic (exact) mass is 440 g/mol. The molecule has 0 spiro atoms. The maximum atomic E-state index is 13.5. The van der Waals surface area contributed by atoms with Crippen molar-refractivity contribution in [2.75, 3.05) is 11.9 Å². The molecule has 0 aliphatic carbocycles. The van der Waals surface area contributed by atoms with Crippen molar-refractivity contribution in [3.63, 3.8) is 0 Å². The molecule has 1 aromatic heterocycles. The number of halogens is 3. The molecule has 1 amide bonds. The number of amides is 1. The van der Waals surface area contributed by atoms with Gasteiger partial charge in [-0.15, -0.1) is 11.3 Å². The van der Waals surface area contributed by atoms with Crippen LogP contribution in [0.1, 0.15) is 65.8 Å². The molecular weight excluding hydrogens is 417 g/mol. The van der Waals surface area contributed by atoms with E-state index in [2.05, 4.69) is 10.6 Å². The van der Waals surface area contributed by atoms with Crippen molar-refractivity contribution in [2.45, 2.75) is 52.1 Å². The molecule has 0 radical (unpaired) electrons. The Morgan fingerprint density at radius 3 is 2.33 bits per heavy atom. The van der Waals surface area contributed by atoms with Gasteiger partial charge in [0, 0.05) is 21.5 Å². The predicted octanol–water partition coefficient (Wildman–Crippen LogP) is 4.75. The number of thiophene rings is 1.